The van der Waals surface area contributed by atoms with E-state index in [9.17, 15) is 14.4 Å². The van der Waals surface area contributed by atoms with Gasteiger partial charge in [0.25, 0.3) is 0 Å². The molecule has 0 heterocycles. The third-order valence-corrected chi connectivity index (χ3v) is 14.5. The van der Waals surface area contributed by atoms with Crippen molar-refractivity contribution in [1.29, 1.82) is 0 Å². The minimum atomic E-state index is -0.774. The standard InChI is InChI=1S/C65H122O6/c1-4-7-10-13-16-19-22-25-28-30-31-32-33-35-38-40-43-46-49-52-55-58-64(67)70-61-62(71-65(68)59-56-53-50-47-44-41-36-27-24-21-18-15-12-9-6-3)60-69-63(66)57-54-51-48-45-42-39-37-34-29-26-23-20-17-14-11-8-5-2/h18,21,27,36,62H,4-17,19-20,22-26,28-35,37-61H2,1-3H3/b21-18-,36-27-/t62-/m0/s1. The number of carbonyl (C=O) groups is 3. The number of esters is 3. The zero-order valence-electron chi connectivity index (χ0n) is 48.0. The van der Waals surface area contributed by atoms with Gasteiger partial charge in [-0.3, -0.25) is 14.4 Å². The molecule has 418 valence electrons. The van der Waals surface area contributed by atoms with E-state index in [1.54, 1.807) is 0 Å². The van der Waals surface area contributed by atoms with Gasteiger partial charge in [0.15, 0.2) is 6.10 Å². The molecule has 6 nitrogen and oxygen atoms in total. The van der Waals surface area contributed by atoms with Crippen molar-refractivity contribution in [2.75, 3.05) is 13.2 Å². The Morgan fingerprint density at radius 1 is 0.282 bits per heavy atom. The van der Waals surface area contributed by atoms with Gasteiger partial charge in [-0.05, 0) is 51.4 Å². The van der Waals surface area contributed by atoms with Crippen LogP contribution < -0.4 is 0 Å². The maximum Gasteiger partial charge on any atom is 0.306 e. The van der Waals surface area contributed by atoms with E-state index in [-0.39, 0.29) is 31.1 Å². The molecule has 0 unspecified atom stereocenters. The molecule has 0 aliphatic rings. The van der Waals surface area contributed by atoms with Gasteiger partial charge in [-0.15, -0.1) is 0 Å². The van der Waals surface area contributed by atoms with Crippen molar-refractivity contribution < 1.29 is 28.6 Å². The molecule has 0 saturated carbocycles. The summed E-state index contributed by atoms with van der Waals surface area (Å²) in [7, 11) is 0. The van der Waals surface area contributed by atoms with Crippen LogP contribution in [0.25, 0.3) is 0 Å². The Hall–Kier alpha value is -2.11. The number of rotatable bonds is 59. The van der Waals surface area contributed by atoms with Crippen LogP contribution in [0.2, 0.25) is 0 Å². The fraction of sp³-hybridized carbons (Fsp3) is 0.892. The van der Waals surface area contributed by atoms with E-state index in [0.29, 0.717) is 19.3 Å². The third kappa shape index (κ3) is 58.7. The Morgan fingerprint density at radius 3 is 0.803 bits per heavy atom. The van der Waals surface area contributed by atoms with E-state index in [1.807, 2.05) is 0 Å². The first-order valence-electron chi connectivity index (χ1n) is 31.8. The van der Waals surface area contributed by atoms with Crippen molar-refractivity contribution in [3.05, 3.63) is 24.3 Å². The average molecular weight is 1000 g/mol. The quantitative estimate of drug-likeness (QED) is 0.0261. The highest BCUT2D eigenvalue weighted by Crippen LogP contribution is 2.18. The third-order valence-electron chi connectivity index (χ3n) is 14.5. The van der Waals surface area contributed by atoms with E-state index in [0.717, 1.165) is 77.0 Å². The highest BCUT2D eigenvalue weighted by Gasteiger charge is 2.19. The second-order valence-electron chi connectivity index (χ2n) is 21.7. The van der Waals surface area contributed by atoms with Crippen LogP contribution in [0.5, 0.6) is 0 Å². The summed E-state index contributed by atoms with van der Waals surface area (Å²) in [6.07, 6.45) is 71.8. The number of allylic oxidation sites excluding steroid dienone is 4. The smallest absolute Gasteiger partial charge is 0.306 e. The first-order chi connectivity index (χ1) is 35.0. The first kappa shape index (κ1) is 68.9. The van der Waals surface area contributed by atoms with Crippen molar-refractivity contribution in [1.82, 2.24) is 0 Å². The Kier molecular flexibility index (Phi) is 58.6. The molecule has 0 fully saturated rings. The minimum Gasteiger partial charge on any atom is -0.462 e. The first-order valence-corrected chi connectivity index (χ1v) is 31.8. The van der Waals surface area contributed by atoms with Crippen LogP contribution in [0.1, 0.15) is 355 Å². The molecule has 0 N–H and O–H groups in total. The second-order valence-corrected chi connectivity index (χ2v) is 21.7. The molecule has 0 spiro atoms. The van der Waals surface area contributed by atoms with Gasteiger partial charge in [-0.2, -0.15) is 0 Å². The van der Waals surface area contributed by atoms with Gasteiger partial charge in [0.05, 0.1) is 0 Å². The van der Waals surface area contributed by atoms with Crippen LogP contribution in [0.15, 0.2) is 24.3 Å². The lowest BCUT2D eigenvalue weighted by Gasteiger charge is -2.18. The van der Waals surface area contributed by atoms with Crippen LogP contribution >= 0.6 is 0 Å². The number of ether oxygens (including phenoxy) is 3. The normalized spacial score (nSPS) is 12.1. The molecule has 0 saturated heterocycles. The lowest BCUT2D eigenvalue weighted by molar-refractivity contribution is -0.167. The predicted molar refractivity (Wildman–Crippen MR) is 307 cm³/mol. The second kappa shape index (κ2) is 60.4. The summed E-state index contributed by atoms with van der Waals surface area (Å²) in [6, 6.07) is 0. The average Bonchev–Trinajstić information content (AvgIpc) is 3.37. The summed E-state index contributed by atoms with van der Waals surface area (Å²) in [4.78, 5) is 38.3. The molecule has 0 radical (unpaired) electrons. The fourth-order valence-corrected chi connectivity index (χ4v) is 9.65. The molecular weight excluding hydrogens is 877 g/mol. The molecule has 0 aliphatic heterocycles. The predicted octanol–water partition coefficient (Wildman–Crippen LogP) is 21.4. The van der Waals surface area contributed by atoms with E-state index >= 15 is 0 Å². The van der Waals surface area contributed by atoms with Crippen LogP contribution in [0, 0.1) is 0 Å². The highest BCUT2D eigenvalue weighted by molar-refractivity contribution is 5.71. The maximum absolute atomic E-state index is 12.9. The van der Waals surface area contributed by atoms with Crippen molar-refractivity contribution in [3.8, 4) is 0 Å². The molecule has 0 aromatic rings. The molecule has 0 rings (SSSR count). The molecule has 0 aliphatic carbocycles. The molecule has 0 aromatic heterocycles. The molecular formula is C65H122O6. The molecule has 6 heteroatoms. The Bertz CT molecular complexity index is 1150. The lowest BCUT2D eigenvalue weighted by atomic mass is 10.0. The zero-order valence-corrected chi connectivity index (χ0v) is 48.0. The van der Waals surface area contributed by atoms with Gasteiger partial charge in [-0.1, -0.05) is 308 Å². The van der Waals surface area contributed by atoms with E-state index in [1.165, 1.54) is 238 Å². The molecule has 1 atom stereocenters. The van der Waals surface area contributed by atoms with E-state index in [2.05, 4.69) is 45.1 Å². The number of unbranched alkanes of at least 4 members (excludes halogenated alkanes) is 44. The summed E-state index contributed by atoms with van der Waals surface area (Å²) >= 11 is 0. The largest absolute Gasteiger partial charge is 0.462 e. The van der Waals surface area contributed by atoms with Gasteiger partial charge in [0, 0.05) is 19.3 Å². The van der Waals surface area contributed by atoms with Crippen LogP contribution in [0.3, 0.4) is 0 Å². The topological polar surface area (TPSA) is 78.9 Å². The summed E-state index contributed by atoms with van der Waals surface area (Å²) in [5, 5.41) is 0. The summed E-state index contributed by atoms with van der Waals surface area (Å²) < 4.78 is 16.9. The summed E-state index contributed by atoms with van der Waals surface area (Å²) in [5.41, 5.74) is 0. The number of carbonyl (C=O) groups excluding carboxylic acids is 3. The van der Waals surface area contributed by atoms with E-state index in [4.69, 9.17) is 14.2 Å². The molecule has 0 amide bonds. The lowest BCUT2D eigenvalue weighted by Crippen LogP contribution is -2.30. The minimum absolute atomic E-state index is 0.0710. The molecule has 71 heavy (non-hydrogen) atoms. The van der Waals surface area contributed by atoms with Crippen molar-refractivity contribution in [3.63, 3.8) is 0 Å². The number of hydrogen-bond acceptors (Lipinski definition) is 6. The summed E-state index contributed by atoms with van der Waals surface area (Å²) in [5.74, 6) is -0.857. The van der Waals surface area contributed by atoms with Crippen molar-refractivity contribution >= 4 is 17.9 Å². The van der Waals surface area contributed by atoms with Crippen molar-refractivity contribution in [2.24, 2.45) is 0 Å². The van der Waals surface area contributed by atoms with Crippen molar-refractivity contribution in [2.45, 2.75) is 361 Å². The summed E-state index contributed by atoms with van der Waals surface area (Å²) in [6.45, 7) is 6.67. The monoisotopic (exact) mass is 999 g/mol. The Balaban J connectivity index is 4.29. The van der Waals surface area contributed by atoms with Crippen LogP contribution in [-0.2, 0) is 28.6 Å². The molecule has 0 bridgehead atoms. The maximum atomic E-state index is 12.9. The van der Waals surface area contributed by atoms with Gasteiger partial charge < -0.3 is 14.2 Å². The van der Waals surface area contributed by atoms with Gasteiger partial charge in [0.1, 0.15) is 13.2 Å². The van der Waals surface area contributed by atoms with E-state index < -0.39 is 6.10 Å². The Labute approximate surface area is 443 Å². The van der Waals surface area contributed by atoms with Gasteiger partial charge in [-0.25, -0.2) is 0 Å². The highest BCUT2D eigenvalue weighted by atomic mass is 16.6. The van der Waals surface area contributed by atoms with Crippen LogP contribution in [0.4, 0.5) is 0 Å². The van der Waals surface area contributed by atoms with Gasteiger partial charge >= 0.3 is 17.9 Å². The fourth-order valence-electron chi connectivity index (χ4n) is 9.65. The van der Waals surface area contributed by atoms with Crippen LogP contribution in [-0.4, -0.2) is 37.2 Å². The molecule has 0 aromatic carbocycles. The van der Waals surface area contributed by atoms with Gasteiger partial charge in [0.2, 0.25) is 0 Å². The Morgan fingerprint density at radius 2 is 0.507 bits per heavy atom. The number of hydrogen-bond donors (Lipinski definition) is 0. The zero-order chi connectivity index (χ0) is 51.4. The SMILES string of the molecule is CCCCC/C=C\C/C=C\CCCCCCCC(=O)O[C@@H](COC(=O)CCCCCCCCCCCCCCCCCCC)COC(=O)CCCCCCCCCCCCCCCCCCCCCCC.